The van der Waals surface area contributed by atoms with E-state index in [1.807, 2.05) is 69.2 Å². The molecule has 0 spiro atoms. The van der Waals surface area contributed by atoms with Crippen molar-refractivity contribution in [3.63, 3.8) is 0 Å². The van der Waals surface area contributed by atoms with Crippen molar-refractivity contribution in [1.29, 1.82) is 0 Å². The normalized spacial score (nSPS) is 6.16. The predicted octanol–water partition coefficient (Wildman–Crippen LogP) is 7.74. The van der Waals surface area contributed by atoms with Gasteiger partial charge in [-0.3, -0.25) is 0 Å². The van der Waals surface area contributed by atoms with Crippen molar-refractivity contribution >= 4 is 0 Å². The van der Waals surface area contributed by atoms with Gasteiger partial charge in [-0.2, -0.15) is 0 Å². The van der Waals surface area contributed by atoms with E-state index in [4.69, 9.17) is 0 Å². The van der Waals surface area contributed by atoms with E-state index in [0.29, 0.717) is 0 Å². The third-order valence-corrected chi connectivity index (χ3v) is 1.88. The van der Waals surface area contributed by atoms with Gasteiger partial charge in [0.2, 0.25) is 0 Å². The average Bonchev–Trinajstić information content (AvgIpc) is 2.55. The van der Waals surface area contributed by atoms with Gasteiger partial charge in [0.15, 0.2) is 0 Å². The van der Waals surface area contributed by atoms with Gasteiger partial charge in [-0.15, -0.1) is 0 Å². The molecule has 0 N–H and O–H groups in total. The van der Waals surface area contributed by atoms with Crippen LogP contribution in [0.2, 0.25) is 0 Å². The summed E-state index contributed by atoms with van der Waals surface area (Å²) in [4.78, 5) is 0. The molecule has 0 saturated heterocycles. The molecule has 0 radical (unpaired) electrons. The summed E-state index contributed by atoms with van der Waals surface area (Å²) >= 11 is 0. The molecule has 0 nitrogen and oxygen atoms in total. The van der Waals surface area contributed by atoms with Crippen molar-refractivity contribution in [2.75, 3.05) is 0 Å². The molecular formula is C19H42. The molecule has 0 bridgehead atoms. The first kappa shape index (κ1) is 30.9. The highest BCUT2D eigenvalue weighted by molar-refractivity contribution is 5.31. The highest BCUT2D eigenvalue weighted by atomic mass is 14.0. The topological polar surface area (TPSA) is 0 Å². The number of aryl methyl sites for hydroxylation is 2. The lowest BCUT2D eigenvalue weighted by molar-refractivity contribution is 1.27. The lowest BCUT2D eigenvalue weighted by Crippen LogP contribution is -1.82. The quantitative estimate of drug-likeness (QED) is 0.452. The van der Waals surface area contributed by atoms with Crippen molar-refractivity contribution in [3.8, 4) is 0 Å². The van der Waals surface area contributed by atoms with Gasteiger partial charge >= 0.3 is 0 Å². The summed E-state index contributed by atoms with van der Waals surface area (Å²) in [5, 5.41) is 0. The fourth-order valence-corrected chi connectivity index (χ4v) is 0.898. The Balaban J connectivity index is -0.0000000557. The Morgan fingerprint density at radius 3 is 0.842 bits per heavy atom. The SMILES string of the molecule is CC.CC.CC.CC.CC.Cc1cccc(C)c1C. The van der Waals surface area contributed by atoms with E-state index >= 15 is 0 Å². The molecule has 0 heteroatoms. The van der Waals surface area contributed by atoms with Gasteiger partial charge in [-0.1, -0.05) is 87.4 Å². The molecule has 1 rings (SSSR count). The zero-order chi connectivity index (χ0) is 16.9. The lowest BCUT2D eigenvalue weighted by Gasteiger charge is -2.00. The molecule has 0 aliphatic rings. The molecule has 0 unspecified atom stereocenters. The predicted molar refractivity (Wildman–Crippen MR) is 97.4 cm³/mol. The second-order valence-electron chi connectivity index (χ2n) is 2.52. The lowest BCUT2D eigenvalue weighted by atomic mass is 10.1. The Bertz CT molecular complexity index is 191. The summed E-state index contributed by atoms with van der Waals surface area (Å²) in [6, 6.07) is 6.38. The first-order valence-electron chi connectivity index (χ1n) is 8.24. The van der Waals surface area contributed by atoms with E-state index in [1.54, 1.807) is 0 Å². The standard InChI is InChI=1S/C9H12.5C2H6/c1-7-5-4-6-8(2)9(7)3;5*1-2/h4-6H,1-3H3;5*1-2H3. The van der Waals surface area contributed by atoms with Gasteiger partial charge < -0.3 is 0 Å². The van der Waals surface area contributed by atoms with Crippen LogP contribution in [0.15, 0.2) is 18.2 Å². The largest absolute Gasteiger partial charge is 0.0683 e. The molecular weight excluding hydrogens is 228 g/mol. The van der Waals surface area contributed by atoms with Crippen LogP contribution < -0.4 is 0 Å². The maximum absolute atomic E-state index is 2.16. The van der Waals surface area contributed by atoms with Crippen LogP contribution in [0.25, 0.3) is 0 Å². The van der Waals surface area contributed by atoms with Gasteiger partial charge in [0.25, 0.3) is 0 Å². The third kappa shape index (κ3) is 22.8. The second-order valence-corrected chi connectivity index (χ2v) is 2.52. The molecule has 0 atom stereocenters. The number of hydrogen-bond donors (Lipinski definition) is 0. The van der Waals surface area contributed by atoms with Crippen LogP contribution in [0, 0.1) is 20.8 Å². The summed E-state index contributed by atoms with van der Waals surface area (Å²) in [6.45, 7) is 26.4. The summed E-state index contributed by atoms with van der Waals surface area (Å²) in [7, 11) is 0. The zero-order valence-electron chi connectivity index (χ0n) is 16.2. The van der Waals surface area contributed by atoms with Gasteiger partial charge in [-0.05, 0) is 37.5 Å². The van der Waals surface area contributed by atoms with E-state index in [1.165, 1.54) is 16.7 Å². The van der Waals surface area contributed by atoms with Gasteiger partial charge in [0.1, 0.15) is 0 Å². The molecule has 0 saturated carbocycles. The maximum Gasteiger partial charge on any atom is -0.0392 e. The van der Waals surface area contributed by atoms with Crippen molar-refractivity contribution in [1.82, 2.24) is 0 Å². The first-order valence-corrected chi connectivity index (χ1v) is 8.24. The first-order chi connectivity index (χ1) is 9.22. The van der Waals surface area contributed by atoms with Crippen LogP contribution in [0.1, 0.15) is 85.9 Å². The highest BCUT2D eigenvalue weighted by Gasteiger charge is 1.91. The maximum atomic E-state index is 2.16. The molecule has 19 heavy (non-hydrogen) atoms. The van der Waals surface area contributed by atoms with Crippen LogP contribution in [-0.4, -0.2) is 0 Å². The molecule has 1 aromatic rings. The van der Waals surface area contributed by atoms with E-state index in [9.17, 15) is 0 Å². The number of hydrogen-bond acceptors (Lipinski definition) is 0. The fraction of sp³-hybridized carbons (Fsp3) is 0.684. The van der Waals surface area contributed by atoms with Crippen LogP contribution in [0.4, 0.5) is 0 Å². The van der Waals surface area contributed by atoms with E-state index in [-0.39, 0.29) is 0 Å². The fourth-order valence-electron chi connectivity index (χ4n) is 0.898. The second kappa shape index (κ2) is 36.0. The van der Waals surface area contributed by atoms with E-state index in [0.717, 1.165) is 0 Å². The summed E-state index contributed by atoms with van der Waals surface area (Å²) in [5.74, 6) is 0. The summed E-state index contributed by atoms with van der Waals surface area (Å²) in [6.07, 6.45) is 0. The molecule has 0 aromatic heterocycles. The summed E-state index contributed by atoms with van der Waals surface area (Å²) < 4.78 is 0. The molecule has 118 valence electrons. The van der Waals surface area contributed by atoms with E-state index in [2.05, 4.69) is 39.0 Å². The van der Waals surface area contributed by atoms with Crippen molar-refractivity contribution < 1.29 is 0 Å². The monoisotopic (exact) mass is 270 g/mol. The van der Waals surface area contributed by atoms with Crippen LogP contribution in [-0.2, 0) is 0 Å². The Morgan fingerprint density at radius 1 is 0.474 bits per heavy atom. The third-order valence-electron chi connectivity index (χ3n) is 1.88. The Morgan fingerprint density at radius 2 is 0.684 bits per heavy atom. The molecule has 0 amide bonds. The van der Waals surface area contributed by atoms with Gasteiger partial charge in [0.05, 0.1) is 0 Å². The Hall–Kier alpha value is -0.780. The Kier molecular flexibility index (Phi) is 58.6. The van der Waals surface area contributed by atoms with Crippen LogP contribution >= 0.6 is 0 Å². The Labute approximate surface area is 125 Å². The molecule has 0 heterocycles. The smallest absolute Gasteiger partial charge is 0.0392 e. The van der Waals surface area contributed by atoms with Crippen molar-refractivity contribution in [2.45, 2.75) is 90.0 Å². The van der Waals surface area contributed by atoms with Crippen LogP contribution in [0.5, 0.6) is 0 Å². The highest BCUT2D eigenvalue weighted by Crippen LogP contribution is 2.09. The minimum absolute atomic E-state index is 1.38. The molecule has 0 fully saturated rings. The number of benzene rings is 1. The molecule has 1 aromatic carbocycles. The van der Waals surface area contributed by atoms with Gasteiger partial charge in [0, 0.05) is 0 Å². The molecule has 0 aliphatic heterocycles. The van der Waals surface area contributed by atoms with Crippen molar-refractivity contribution in [3.05, 3.63) is 34.9 Å². The van der Waals surface area contributed by atoms with Gasteiger partial charge in [-0.25, -0.2) is 0 Å². The molecule has 0 aliphatic carbocycles. The van der Waals surface area contributed by atoms with Crippen LogP contribution in [0.3, 0.4) is 0 Å². The van der Waals surface area contributed by atoms with Crippen molar-refractivity contribution in [2.24, 2.45) is 0 Å². The number of rotatable bonds is 0. The summed E-state index contributed by atoms with van der Waals surface area (Å²) in [5.41, 5.74) is 4.18. The minimum Gasteiger partial charge on any atom is -0.0683 e. The average molecular weight is 271 g/mol. The van der Waals surface area contributed by atoms with E-state index < -0.39 is 0 Å². The minimum atomic E-state index is 1.38. The zero-order valence-corrected chi connectivity index (χ0v) is 16.2.